The fraction of sp³-hybridized carbons (Fsp3) is 0.462. The van der Waals surface area contributed by atoms with E-state index >= 15 is 0 Å². The number of benzene rings is 1. The lowest BCUT2D eigenvalue weighted by atomic mass is 10.1. The predicted molar refractivity (Wildman–Crippen MR) is 63.8 cm³/mol. The maximum atomic E-state index is 12.9. The second-order valence-electron chi connectivity index (χ2n) is 4.70. The van der Waals surface area contributed by atoms with Crippen LogP contribution in [-0.2, 0) is 4.79 Å². The fourth-order valence-electron chi connectivity index (χ4n) is 2.41. The number of rotatable bonds is 3. The number of nitrogens with zero attached hydrogens (tertiary/aromatic N) is 1. The first-order valence-electron chi connectivity index (χ1n) is 5.94. The van der Waals surface area contributed by atoms with Crippen molar-refractivity contribution in [2.75, 3.05) is 13.1 Å². The normalized spacial score (nSPS) is 22.0. The molecule has 2 rings (SSSR count). The Morgan fingerprint density at radius 1 is 1.56 bits per heavy atom. The number of hydrogen-bond acceptors (Lipinski definition) is 3. The monoisotopic (exact) mass is 253 g/mol. The quantitative estimate of drug-likeness (QED) is 0.865. The van der Waals surface area contributed by atoms with Gasteiger partial charge in [-0.2, -0.15) is 0 Å². The van der Waals surface area contributed by atoms with Gasteiger partial charge in [0, 0.05) is 24.2 Å². The van der Waals surface area contributed by atoms with Crippen molar-refractivity contribution in [1.29, 1.82) is 0 Å². The van der Waals surface area contributed by atoms with Crippen molar-refractivity contribution in [1.82, 2.24) is 4.90 Å². The lowest BCUT2D eigenvalue weighted by Gasteiger charge is -2.25. The van der Waals surface area contributed by atoms with Crippen LogP contribution in [0, 0.1) is 11.7 Å². The molecule has 0 amide bonds. The lowest BCUT2D eigenvalue weighted by Crippen LogP contribution is -2.26. The van der Waals surface area contributed by atoms with E-state index in [4.69, 9.17) is 5.11 Å². The summed E-state index contributed by atoms with van der Waals surface area (Å²) < 4.78 is 12.9. The van der Waals surface area contributed by atoms with E-state index in [1.165, 1.54) is 6.07 Å². The smallest absolute Gasteiger partial charge is 0.307 e. The summed E-state index contributed by atoms with van der Waals surface area (Å²) in [6, 6.07) is 3.81. The van der Waals surface area contributed by atoms with Gasteiger partial charge in [0.25, 0.3) is 0 Å². The number of carboxylic acid groups (broad SMARTS) is 1. The molecule has 2 N–H and O–H groups in total. The van der Waals surface area contributed by atoms with Crippen LogP contribution in [-0.4, -0.2) is 34.2 Å². The standard InChI is InChI=1S/C13H16FNO3/c1-8(11-3-2-10(14)6-12(11)16)15-5-4-9(7-15)13(17)18/h2-3,6,8-9,16H,4-5,7H2,1H3,(H,17,18). The van der Waals surface area contributed by atoms with Crippen molar-refractivity contribution >= 4 is 5.97 Å². The third kappa shape index (κ3) is 2.46. The Balaban J connectivity index is 2.12. The Morgan fingerprint density at radius 3 is 2.83 bits per heavy atom. The van der Waals surface area contributed by atoms with E-state index in [1.54, 1.807) is 6.07 Å². The third-order valence-corrected chi connectivity index (χ3v) is 3.56. The van der Waals surface area contributed by atoms with E-state index < -0.39 is 11.8 Å². The van der Waals surface area contributed by atoms with E-state index in [9.17, 15) is 14.3 Å². The first-order chi connectivity index (χ1) is 8.49. The van der Waals surface area contributed by atoms with Crippen molar-refractivity contribution in [2.24, 2.45) is 5.92 Å². The number of phenolic OH excluding ortho intramolecular Hbond substituents is 1. The van der Waals surface area contributed by atoms with Gasteiger partial charge >= 0.3 is 5.97 Å². The lowest BCUT2D eigenvalue weighted by molar-refractivity contribution is -0.141. The van der Waals surface area contributed by atoms with Crippen LogP contribution >= 0.6 is 0 Å². The summed E-state index contributed by atoms with van der Waals surface area (Å²) >= 11 is 0. The Kier molecular flexibility index (Phi) is 3.52. The molecule has 1 saturated heterocycles. The number of aromatic hydroxyl groups is 1. The molecule has 1 aromatic carbocycles. The van der Waals surface area contributed by atoms with E-state index in [1.807, 2.05) is 11.8 Å². The highest BCUT2D eigenvalue weighted by Gasteiger charge is 2.31. The number of carbonyl (C=O) groups is 1. The second-order valence-corrected chi connectivity index (χ2v) is 4.70. The molecule has 0 spiro atoms. The maximum Gasteiger partial charge on any atom is 0.307 e. The molecular formula is C13H16FNO3. The van der Waals surface area contributed by atoms with Crippen LogP contribution in [0.1, 0.15) is 24.9 Å². The van der Waals surface area contributed by atoms with Crippen LogP contribution in [0.15, 0.2) is 18.2 Å². The Hall–Kier alpha value is -1.62. The summed E-state index contributed by atoms with van der Waals surface area (Å²) in [6.45, 7) is 3.03. The topological polar surface area (TPSA) is 60.8 Å². The summed E-state index contributed by atoms with van der Waals surface area (Å²) in [6.07, 6.45) is 0.613. The molecule has 0 bridgehead atoms. The van der Waals surface area contributed by atoms with E-state index in [0.29, 0.717) is 25.1 Å². The van der Waals surface area contributed by atoms with Crippen LogP contribution in [0.25, 0.3) is 0 Å². The van der Waals surface area contributed by atoms with Crippen LogP contribution < -0.4 is 0 Å². The zero-order chi connectivity index (χ0) is 13.3. The largest absolute Gasteiger partial charge is 0.508 e. The van der Waals surface area contributed by atoms with E-state index in [2.05, 4.69) is 0 Å². The molecule has 0 aliphatic carbocycles. The van der Waals surface area contributed by atoms with Gasteiger partial charge in [0.15, 0.2) is 0 Å². The van der Waals surface area contributed by atoms with Gasteiger partial charge in [0.05, 0.1) is 5.92 Å². The number of hydrogen-bond donors (Lipinski definition) is 2. The van der Waals surface area contributed by atoms with Gasteiger partial charge in [-0.15, -0.1) is 0 Å². The minimum absolute atomic E-state index is 0.0822. The molecule has 18 heavy (non-hydrogen) atoms. The van der Waals surface area contributed by atoms with Gasteiger partial charge in [-0.3, -0.25) is 9.69 Å². The van der Waals surface area contributed by atoms with Crippen LogP contribution in [0.2, 0.25) is 0 Å². The molecule has 2 unspecified atom stereocenters. The molecule has 2 atom stereocenters. The average molecular weight is 253 g/mol. The maximum absolute atomic E-state index is 12.9. The first kappa shape index (κ1) is 12.8. The molecule has 1 aromatic rings. The van der Waals surface area contributed by atoms with E-state index in [-0.39, 0.29) is 17.7 Å². The molecule has 1 aliphatic rings. The minimum atomic E-state index is -0.784. The van der Waals surface area contributed by atoms with Gasteiger partial charge < -0.3 is 10.2 Å². The Morgan fingerprint density at radius 2 is 2.28 bits per heavy atom. The number of phenols is 1. The Labute approximate surface area is 105 Å². The molecule has 0 radical (unpaired) electrons. The average Bonchev–Trinajstić information content (AvgIpc) is 2.77. The van der Waals surface area contributed by atoms with Gasteiger partial charge in [0.2, 0.25) is 0 Å². The summed E-state index contributed by atoms with van der Waals surface area (Å²) in [7, 11) is 0. The summed E-state index contributed by atoms with van der Waals surface area (Å²) in [4.78, 5) is 12.9. The highest BCUT2D eigenvalue weighted by molar-refractivity contribution is 5.70. The van der Waals surface area contributed by atoms with Gasteiger partial charge in [-0.25, -0.2) is 4.39 Å². The van der Waals surface area contributed by atoms with Crippen LogP contribution in [0.5, 0.6) is 5.75 Å². The van der Waals surface area contributed by atoms with Gasteiger partial charge in [0.1, 0.15) is 11.6 Å². The van der Waals surface area contributed by atoms with Crippen LogP contribution in [0.3, 0.4) is 0 Å². The third-order valence-electron chi connectivity index (χ3n) is 3.56. The number of carboxylic acids is 1. The van der Waals surface area contributed by atoms with Crippen molar-refractivity contribution in [2.45, 2.75) is 19.4 Å². The summed E-state index contributed by atoms with van der Waals surface area (Å²) in [5, 5.41) is 18.7. The van der Waals surface area contributed by atoms with Crippen molar-refractivity contribution in [3.05, 3.63) is 29.6 Å². The number of halogens is 1. The highest BCUT2D eigenvalue weighted by Crippen LogP contribution is 2.32. The van der Waals surface area contributed by atoms with Crippen LogP contribution in [0.4, 0.5) is 4.39 Å². The zero-order valence-corrected chi connectivity index (χ0v) is 10.1. The highest BCUT2D eigenvalue weighted by atomic mass is 19.1. The van der Waals surface area contributed by atoms with Crippen molar-refractivity contribution in [3.8, 4) is 5.75 Å². The molecule has 0 aromatic heterocycles. The number of aliphatic carboxylic acids is 1. The summed E-state index contributed by atoms with van der Waals surface area (Å²) in [5.41, 5.74) is 0.627. The molecule has 1 fully saturated rings. The molecule has 1 aliphatic heterocycles. The molecule has 4 nitrogen and oxygen atoms in total. The van der Waals surface area contributed by atoms with Gasteiger partial charge in [-0.05, 0) is 26.0 Å². The zero-order valence-electron chi connectivity index (χ0n) is 10.1. The van der Waals surface area contributed by atoms with Gasteiger partial charge in [-0.1, -0.05) is 6.07 Å². The molecular weight excluding hydrogens is 237 g/mol. The first-order valence-corrected chi connectivity index (χ1v) is 5.94. The SMILES string of the molecule is CC(c1ccc(F)cc1O)N1CCC(C(=O)O)C1. The minimum Gasteiger partial charge on any atom is -0.508 e. The fourth-order valence-corrected chi connectivity index (χ4v) is 2.41. The summed E-state index contributed by atoms with van der Waals surface area (Å²) in [5.74, 6) is -1.70. The molecule has 0 saturated carbocycles. The predicted octanol–water partition coefficient (Wildman–Crippen LogP) is 2.00. The molecule has 98 valence electrons. The molecule has 5 heteroatoms. The van der Waals surface area contributed by atoms with Crippen molar-refractivity contribution in [3.63, 3.8) is 0 Å². The van der Waals surface area contributed by atoms with Crippen molar-refractivity contribution < 1.29 is 19.4 Å². The second kappa shape index (κ2) is 4.94. The number of likely N-dealkylation sites (tertiary alicyclic amines) is 1. The molecule has 1 heterocycles. The Bertz CT molecular complexity index is 464. The van der Waals surface area contributed by atoms with E-state index in [0.717, 1.165) is 6.07 Å².